The highest BCUT2D eigenvalue weighted by Gasteiger charge is 2.32. The van der Waals surface area contributed by atoms with Crippen LogP contribution in [-0.2, 0) is 6.54 Å². The molecule has 198 valence electrons. The smallest absolute Gasteiger partial charge is 0.337 e. The maximum Gasteiger partial charge on any atom is 0.337 e. The Hall–Kier alpha value is -3.17. The molecule has 1 saturated carbocycles. The third-order valence-electron chi connectivity index (χ3n) is 7.79. The summed E-state index contributed by atoms with van der Waals surface area (Å²) in [5.74, 6) is -0.181. The number of H-pyrrole nitrogens is 1. The molecular weight excluding hydrogens is 478 g/mol. The van der Waals surface area contributed by atoms with Crippen molar-refractivity contribution in [3.05, 3.63) is 58.8 Å². The molecule has 1 aromatic heterocycles. The van der Waals surface area contributed by atoms with Gasteiger partial charge in [-0.05, 0) is 61.6 Å². The Morgan fingerprint density at radius 2 is 2.05 bits per heavy atom. The number of nitrogens with one attached hydrogen (secondary N) is 2. The zero-order valence-electron chi connectivity index (χ0n) is 21.3. The highest BCUT2D eigenvalue weighted by Crippen LogP contribution is 2.36. The number of methoxy groups -OCH3 is 1. The van der Waals surface area contributed by atoms with E-state index < -0.39 is 12.4 Å². The number of ether oxygens (including phenoxy) is 1. The number of carboxylic acids is 1. The van der Waals surface area contributed by atoms with E-state index in [0.29, 0.717) is 31.9 Å². The Bertz CT molecular complexity index is 1270. The van der Waals surface area contributed by atoms with Crippen molar-refractivity contribution in [1.82, 2.24) is 14.8 Å². The van der Waals surface area contributed by atoms with Crippen LogP contribution in [0.25, 0.3) is 10.9 Å². The molecule has 1 unspecified atom stereocenters. The molecule has 1 aliphatic heterocycles. The Labute approximate surface area is 215 Å². The van der Waals surface area contributed by atoms with Crippen LogP contribution in [0.15, 0.2) is 36.5 Å². The average molecular weight is 513 g/mol. The first-order valence-corrected chi connectivity index (χ1v) is 12.9. The van der Waals surface area contributed by atoms with Gasteiger partial charge in [-0.3, -0.25) is 9.80 Å². The Kier molecular flexibility index (Phi) is 7.35. The van der Waals surface area contributed by atoms with E-state index in [1.807, 2.05) is 37.4 Å². The largest absolute Gasteiger partial charge is 0.496 e. The number of hydrogen-bond donors (Lipinski definition) is 3. The second-order valence-electron chi connectivity index (χ2n) is 10.2. The number of hydrogen-bond acceptors (Lipinski definition) is 5. The monoisotopic (exact) mass is 512 g/mol. The summed E-state index contributed by atoms with van der Waals surface area (Å²) in [7, 11) is 1.66. The number of aromatic carboxylic acids is 1. The van der Waals surface area contributed by atoms with E-state index in [-0.39, 0.29) is 24.2 Å². The lowest BCUT2D eigenvalue weighted by Crippen LogP contribution is -2.49. The predicted molar refractivity (Wildman–Crippen MR) is 140 cm³/mol. The normalized spacial score (nSPS) is 19.3. The zero-order valence-corrected chi connectivity index (χ0v) is 21.3. The molecular formula is C28H34F2N4O3. The lowest BCUT2D eigenvalue weighted by atomic mass is 9.92. The minimum atomic E-state index is -2.41. The first-order valence-electron chi connectivity index (χ1n) is 12.9. The zero-order chi connectivity index (χ0) is 26.1. The maximum absolute atomic E-state index is 13.3. The second-order valence-corrected chi connectivity index (χ2v) is 10.2. The van der Waals surface area contributed by atoms with E-state index in [1.165, 1.54) is 0 Å². The molecule has 3 N–H and O–H groups in total. The lowest BCUT2D eigenvalue weighted by Gasteiger charge is -2.42. The number of carbonyl (C=O) groups is 1. The van der Waals surface area contributed by atoms with Gasteiger partial charge in [-0.2, -0.15) is 0 Å². The summed E-state index contributed by atoms with van der Waals surface area (Å²) in [4.78, 5) is 19.3. The van der Waals surface area contributed by atoms with Gasteiger partial charge in [0.1, 0.15) is 5.75 Å². The minimum absolute atomic E-state index is 0.183. The van der Waals surface area contributed by atoms with Gasteiger partial charge >= 0.3 is 5.97 Å². The average Bonchev–Trinajstić information content (AvgIpc) is 3.34. The van der Waals surface area contributed by atoms with Crippen molar-refractivity contribution in [2.24, 2.45) is 0 Å². The van der Waals surface area contributed by atoms with Crippen molar-refractivity contribution in [3.63, 3.8) is 0 Å². The van der Waals surface area contributed by atoms with Crippen LogP contribution in [0.5, 0.6) is 5.75 Å². The van der Waals surface area contributed by atoms with Crippen molar-refractivity contribution in [2.75, 3.05) is 38.6 Å². The molecule has 0 amide bonds. The molecule has 0 spiro atoms. The summed E-state index contributed by atoms with van der Waals surface area (Å²) >= 11 is 0. The van der Waals surface area contributed by atoms with Crippen LogP contribution < -0.4 is 10.1 Å². The van der Waals surface area contributed by atoms with Gasteiger partial charge in [0, 0.05) is 66.6 Å². The molecule has 37 heavy (non-hydrogen) atoms. The Morgan fingerprint density at radius 1 is 1.24 bits per heavy atom. The third kappa shape index (κ3) is 5.29. The fourth-order valence-corrected chi connectivity index (χ4v) is 5.58. The number of rotatable bonds is 9. The Morgan fingerprint density at radius 3 is 2.73 bits per heavy atom. The van der Waals surface area contributed by atoms with E-state index in [4.69, 9.17) is 4.74 Å². The number of halogens is 2. The number of aromatic nitrogens is 1. The van der Waals surface area contributed by atoms with Gasteiger partial charge in [-0.1, -0.05) is 6.07 Å². The first kappa shape index (κ1) is 25.5. The van der Waals surface area contributed by atoms with Crippen LogP contribution in [-0.4, -0.2) is 71.6 Å². The van der Waals surface area contributed by atoms with E-state index in [0.717, 1.165) is 52.6 Å². The SMILES string of the molecule is COc1cc(C)c2[nH]ccc2c1CN1CCN(CC(F)F)CC1c1ccc(C(=O)O)c(NC2CCC2)c1. The van der Waals surface area contributed by atoms with Crippen molar-refractivity contribution in [2.45, 2.75) is 51.2 Å². The summed E-state index contributed by atoms with van der Waals surface area (Å²) in [6.45, 7) is 3.91. The first-order chi connectivity index (χ1) is 17.8. The van der Waals surface area contributed by atoms with Crippen LogP contribution >= 0.6 is 0 Å². The molecule has 1 aliphatic carbocycles. The molecule has 1 saturated heterocycles. The lowest BCUT2D eigenvalue weighted by molar-refractivity contribution is 0.0246. The van der Waals surface area contributed by atoms with Gasteiger partial charge in [0.05, 0.1) is 19.2 Å². The summed E-state index contributed by atoms with van der Waals surface area (Å²) in [6.07, 6.45) is 2.67. The second kappa shape index (κ2) is 10.7. The number of alkyl halides is 2. The fourth-order valence-electron chi connectivity index (χ4n) is 5.58. The van der Waals surface area contributed by atoms with Gasteiger partial charge in [0.25, 0.3) is 6.43 Å². The van der Waals surface area contributed by atoms with Crippen LogP contribution in [0.1, 0.15) is 52.4 Å². The number of carboxylic acid groups (broad SMARTS) is 1. The van der Waals surface area contributed by atoms with Gasteiger partial charge in [0.2, 0.25) is 0 Å². The van der Waals surface area contributed by atoms with Gasteiger partial charge < -0.3 is 20.1 Å². The standard InChI is InChI=1S/C28H34F2N4O3/c1-17-12-25(37-2)22(20-8-9-31-27(17)20)14-34-11-10-33(16-26(29)30)15-24(34)18-6-7-21(28(35)36)23(13-18)32-19-4-3-5-19/h6-9,12-13,19,24,26,31-32H,3-5,10-11,14-16H2,1-2H3,(H,35,36). The van der Waals surface area contributed by atoms with Gasteiger partial charge in [-0.15, -0.1) is 0 Å². The van der Waals surface area contributed by atoms with E-state index in [1.54, 1.807) is 18.1 Å². The van der Waals surface area contributed by atoms with Crippen LogP contribution in [0, 0.1) is 6.92 Å². The molecule has 9 heteroatoms. The molecule has 2 heterocycles. The molecule has 5 rings (SSSR count). The van der Waals surface area contributed by atoms with Gasteiger partial charge in [-0.25, -0.2) is 13.6 Å². The summed E-state index contributed by atoms with van der Waals surface area (Å²) in [5, 5.41) is 14.2. The van der Waals surface area contributed by atoms with E-state index in [2.05, 4.69) is 15.2 Å². The number of piperazine rings is 1. The van der Waals surface area contributed by atoms with Crippen LogP contribution in [0.4, 0.5) is 14.5 Å². The number of anilines is 1. The molecule has 1 atom stereocenters. The molecule has 3 aromatic rings. The maximum atomic E-state index is 13.3. The molecule has 0 radical (unpaired) electrons. The molecule has 0 bridgehead atoms. The van der Waals surface area contributed by atoms with Crippen molar-refractivity contribution in [1.29, 1.82) is 0 Å². The predicted octanol–water partition coefficient (Wildman–Crippen LogP) is 5.27. The number of nitrogens with zero attached hydrogens (tertiary/aromatic N) is 2. The van der Waals surface area contributed by atoms with Crippen molar-refractivity contribution >= 4 is 22.6 Å². The fraction of sp³-hybridized carbons (Fsp3) is 0.464. The van der Waals surface area contributed by atoms with Crippen molar-refractivity contribution in [3.8, 4) is 5.75 Å². The number of benzene rings is 2. The third-order valence-corrected chi connectivity index (χ3v) is 7.79. The summed E-state index contributed by atoms with van der Waals surface area (Å²) in [6, 6.07) is 9.53. The van der Waals surface area contributed by atoms with Crippen LogP contribution in [0.2, 0.25) is 0 Å². The molecule has 2 aliphatic rings. The summed E-state index contributed by atoms with van der Waals surface area (Å²) < 4.78 is 32.4. The summed E-state index contributed by atoms with van der Waals surface area (Å²) in [5.41, 5.74) is 4.95. The topological polar surface area (TPSA) is 80.8 Å². The highest BCUT2D eigenvalue weighted by atomic mass is 19.3. The van der Waals surface area contributed by atoms with E-state index in [9.17, 15) is 18.7 Å². The van der Waals surface area contributed by atoms with Crippen LogP contribution in [0.3, 0.4) is 0 Å². The number of fused-ring (bicyclic) bond motifs is 1. The molecule has 7 nitrogen and oxygen atoms in total. The minimum Gasteiger partial charge on any atom is -0.496 e. The quantitative estimate of drug-likeness (QED) is 0.362. The van der Waals surface area contributed by atoms with Crippen molar-refractivity contribution < 1.29 is 23.4 Å². The number of aromatic amines is 1. The van der Waals surface area contributed by atoms with Gasteiger partial charge in [0.15, 0.2) is 0 Å². The molecule has 2 aromatic carbocycles. The Balaban J connectivity index is 1.51. The number of aryl methyl sites for hydroxylation is 1. The highest BCUT2D eigenvalue weighted by molar-refractivity contribution is 5.94. The molecule has 2 fully saturated rings. The van der Waals surface area contributed by atoms with E-state index >= 15 is 0 Å².